The fraction of sp³-hybridized carbons (Fsp3) is 0. The highest BCUT2D eigenvalue weighted by Crippen LogP contribution is 2.48. The molecule has 0 aliphatic heterocycles. The van der Waals surface area contributed by atoms with E-state index in [0.29, 0.717) is 0 Å². The number of thiophene rings is 1. The number of benzene rings is 9. The predicted molar refractivity (Wildman–Crippen MR) is 241 cm³/mol. The molecule has 260 valence electrons. The molecule has 1 heterocycles. The van der Waals surface area contributed by atoms with E-state index in [9.17, 15) is 0 Å². The van der Waals surface area contributed by atoms with E-state index in [1.54, 1.807) is 0 Å². The van der Waals surface area contributed by atoms with Gasteiger partial charge in [-0.05, 0) is 61.5 Å². The molecule has 0 atom stereocenters. The van der Waals surface area contributed by atoms with Crippen LogP contribution in [0.4, 0.5) is 17.1 Å². The van der Waals surface area contributed by atoms with Crippen molar-refractivity contribution < 1.29 is 0 Å². The maximum atomic E-state index is 2.49. The van der Waals surface area contributed by atoms with Crippen molar-refractivity contribution in [2.45, 2.75) is 0 Å². The highest BCUT2D eigenvalue weighted by Gasteiger charge is 2.41. The Labute approximate surface area is 327 Å². The molecule has 0 aliphatic rings. The maximum Gasteiger partial charge on any atom is 0.179 e. The van der Waals surface area contributed by atoms with Crippen LogP contribution in [-0.4, -0.2) is 8.07 Å². The van der Waals surface area contributed by atoms with Gasteiger partial charge in [0.2, 0.25) is 0 Å². The van der Waals surface area contributed by atoms with Crippen molar-refractivity contribution in [2.75, 3.05) is 4.90 Å². The van der Waals surface area contributed by atoms with Crippen molar-refractivity contribution in [3.8, 4) is 11.1 Å². The first-order chi connectivity index (χ1) is 27.3. The van der Waals surface area contributed by atoms with Crippen LogP contribution in [0.15, 0.2) is 224 Å². The molecule has 3 heteroatoms. The average molecular weight is 736 g/mol. The molecule has 0 spiro atoms. The summed E-state index contributed by atoms with van der Waals surface area (Å²) in [7, 11) is -2.68. The fourth-order valence-corrected chi connectivity index (χ4v) is 14.6. The van der Waals surface area contributed by atoms with E-state index in [4.69, 9.17) is 0 Å². The van der Waals surface area contributed by atoms with E-state index in [1.807, 2.05) is 11.3 Å². The molecule has 0 bridgehead atoms. The lowest BCUT2D eigenvalue weighted by molar-refractivity contribution is 1.32. The van der Waals surface area contributed by atoms with Crippen molar-refractivity contribution in [3.05, 3.63) is 224 Å². The minimum atomic E-state index is -2.68. The molecule has 9 aromatic carbocycles. The summed E-state index contributed by atoms with van der Waals surface area (Å²) in [5.74, 6) is 0. The van der Waals surface area contributed by atoms with Crippen molar-refractivity contribution in [3.63, 3.8) is 0 Å². The molecule has 55 heavy (non-hydrogen) atoms. The van der Waals surface area contributed by atoms with Gasteiger partial charge >= 0.3 is 0 Å². The van der Waals surface area contributed by atoms with Crippen LogP contribution >= 0.6 is 11.3 Å². The van der Waals surface area contributed by atoms with Gasteiger partial charge in [-0.15, -0.1) is 11.3 Å². The standard InChI is InChI=1S/C52H37NSSi/c1-5-18-39(19-6-1)46-29-16-30-47-48-31-17-33-50(52(48)54-51(46)47)53(49-32-15-21-38-20-13-14-28-45(38)49)40-34-36-44(37-35-40)55(41-22-7-2-8-23-41,42-24-9-3-10-25-42)43-26-11-4-12-27-43/h1-37H. The summed E-state index contributed by atoms with van der Waals surface area (Å²) >= 11 is 1.90. The Kier molecular flexibility index (Phi) is 8.44. The molecule has 1 aromatic heterocycles. The lowest BCUT2D eigenvalue weighted by Crippen LogP contribution is -2.74. The highest BCUT2D eigenvalue weighted by molar-refractivity contribution is 7.27. The number of hydrogen-bond acceptors (Lipinski definition) is 2. The first-order valence-corrected chi connectivity index (χ1v) is 21.7. The summed E-state index contributed by atoms with van der Waals surface area (Å²) in [6, 6.07) is 82.8. The zero-order valence-corrected chi connectivity index (χ0v) is 32.0. The maximum absolute atomic E-state index is 2.68. The van der Waals surface area contributed by atoms with Gasteiger partial charge in [0.15, 0.2) is 8.07 Å². The third-order valence-electron chi connectivity index (χ3n) is 11.0. The van der Waals surface area contributed by atoms with Gasteiger partial charge in [-0.2, -0.15) is 0 Å². The summed E-state index contributed by atoms with van der Waals surface area (Å²) < 4.78 is 2.59. The number of fused-ring (bicyclic) bond motifs is 4. The molecule has 10 rings (SSSR count). The number of anilines is 3. The van der Waals surface area contributed by atoms with Crippen molar-refractivity contribution >= 4 is 88.2 Å². The average Bonchev–Trinajstić information content (AvgIpc) is 3.66. The van der Waals surface area contributed by atoms with Crippen LogP contribution in [0.25, 0.3) is 42.1 Å². The molecular formula is C52H37NSSi. The highest BCUT2D eigenvalue weighted by atomic mass is 32.1. The zero-order valence-electron chi connectivity index (χ0n) is 30.2. The van der Waals surface area contributed by atoms with Crippen LogP contribution in [-0.2, 0) is 0 Å². The summed E-state index contributed by atoms with van der Waals surface area (Å²) in [5, 5.41) is 10.5. The van der Waals surface area contributed by atoms with Crippen molar-refractivity contribution in [2.24, 2.45) is 0 Å². The second-order valence-electron chi connectivity index (χ2n) is 14.0. The monoisotopic (exact) mass is 735 g/mol. The first-order valence-electron chi connectivity index (χ1n) is 18.9. The van der Waals surface area contributed by atoms with Crippen molar-refractivity contribution in [1.29, 1.82) is 0 Å². The normalized spacial score (nSPS) is 11.6. The third kappa shape index (κ3) is 5.59. The summed E-state index contributed by atoms with van der Waals surface area (Å²) in [6.07, 6.45) is 0. The van der Waals surface area contributed by atoms with Crippen LogP contribution in [0.2, 0.25) is 0 Å². The number of hydrogen-bond donors (Lipinski definition) is 0. The Morgan fingerprint density at radius 3 is 1.42 bits per heavy atom. The van der Waals surface area contributed by atoms with Crippen LogP contribution in [0, 0.1) is 0 Å². The zero-order chi connectivity index (χ0) is 36.6. The SMILES string of the molecule is c1ccc(-c2cccc3c2sc2c(N(c4ccc([Si](c5ccccc5)(c5ccccc5)c5ccccc5)cc4)c4cccc5ccccc45)cccc23)cc1. The Balaban J connectivity index is 1.22. The quantitative estimate of drug-likeness (QED) is 0.111. The largest absolute Gasteiger partial charge is 0.308 e. The lowest BCUT2D eigenvalue weighted by atomic mass is 10.0. The molecule has 0 unspecified atom stereocenters. The Hall–Kier alpha value is -6.52. The lowest BCUT2D eigenvalue weighted by Gasteiger charge is -2.35. The molecule has 1 nitrogen and oxygen atoms in total. The molecule has 0 fully saturated rings. The summed E-state index contributed by atoms with van der Waals surface area (Å²) in [6.45, 7) is 0. The van der Waals surface area contributed by atoms with Gasteiger partial charge in [-0.1, -0.05) is 200 Å². The first kappa shape index (κ1) is 33.1. The van der Waals surface area contributed by atoms with E-state index in [0.717, 1.165) is 11.4 Å². The minimum absolute atomic E-state index is 1.13. The van der Waals surface area contributed by atoms with Gasteiger partial charge < -0.3 is 4.90 Å². The van der Waals surface area contributed by atoms with E-state index in [-0.39, 0.29) is 0 Å². The minimum Gasteiger partial charge on any atom is -0.308 e. The van der Waals surface area contributed by atoms with Crippen LogP contribution in [0.5, 0.6) is 0 Å². The Morgan fingerprint density at radius 2 is 0.782 bits per heavy atom. The Bertz CT molecular complexity index is 2800. The van der Waals surface area contributed by atoms with Gasteiger partial charge in [0.25, 0.3) is 0 Å². The summed E-state index contributed by atoms with van der Waals surface area (Å²) in [5.41, 5.74) is 5.99. The van der Waals surface area contributed by atoms with E-state index in [1.165, 1.54) is 68.5 Å². The van der Waals surface area contributed by atoms with Crippen LogP contribution < -0.4 is 25.6 Å². The molecule has 0 amide bonds. The van der Waals surface area contributed by atoms with Crippen LogP contribution in [0.3, 0.4) is 0 Å². The Morgan fingerprint density at radius 1 is 0.327 bits per heavy atom. The van der Waals surface area contributed by atoms with E-state index in [2.05, 4.69) is 229 Å². The second kappa shape index (κ2) is 14.0. The molecule has 0 radical (unpaired) electrons. The molecule has 0 saturated heterocycles. The molecule has 0 N–H and O–H groups in total. The van der Waals surface area contributed by atoms with Gasteiger partial charge in [-0.25, -0.2) is 0 Å². The number of rotatable bonds is 8. The smallest absolute Gasteiger partial charge is 0.179 e. The van der Waals surface area contributed by atoms with Crippen molar-refractivity contribution in [1.82, 2.24) is 0 Å². The second-order valence-corrected chi connectivity index (χ2v) is 18.9. The van der Waals surface area contributed by atoms with Gasteiger partial charge in [0.1, 0.15) is 0 Å². The molecule has 10 aromatic rings. The molecule has 0 aliphatic carbocycles. The fourth-order valence-electron chi connectivity index (χ4n) is 8.56. The summed E-state index contributed by atoms with van der Waals surface area (Å²) in [4.78, 5) is 2.49. The topological polar surface area (TPSA) is 3.24 Å². The van der Waals surface area contributed by atoms with Gasteiger partial charge in [0, 0.05) is 26.5 Å². The molecular weight excluding hydrogens is 699 g/mol. The van der Waals surface area contributed by atoms with E-state index < -0.39 is 8.07 Å². The predicted octanol–water partition coefficient (Wildman–Crippen LogP) is 11.7. The van der Waals surface area contributed by atoms with Gasteiger partial charge in [0.05, 0.1) is 16.1 Å². The van der Waals surface area contributed by atoms with E-state index >= 15 is 0 Å². The van der Waals surface area contributed by atoms with Crippen LogP contribution in [0.1, 0.15) is 0 Å². The third-order valence-corrected chi connectivity index (χ3v) is 17.1. The number of nitrogens with zero attached hydrogens (tertiary/aromatic N) is 1. The van der Waals surface area contributed by atoms with Gasteiger partial charge in [-0.3, -0.25) is 0 Å². The molecule has 0 saturated carbocycles.